The van der Waals surface area contributed by atoms with Crippen molar-refractivity contribution in [1.82, 2.24) is 10.2 Å². The van der Waals surface area contributed by atoms with Crippen LogP contribution in [0.25, 0.3) is 0 Å². The molecule has 0 saturated carbocycles. The van der Waals surface area contributed by atoms with Crippen LogP contribution in [0.2, 0.25) is 0 Å². The Hall–Kier alpha value is -0.380. The molecule has 17 heavy (non-hydrogen) atoms. The molecule has 0 aromatic heterocycles. The van der Waals surface area contributed by atoms with Gasteiger partial charge in [-0.25, -0.2) is 0 Å². The summed E-state index contributed by atoms with van der Waals surface area (Å²) in [7, 11) is 2.16. The maximum Gasteiger partial charge on any atom is 0.0211 e. The Balaban J connectivity index is 2.47. The monoisotopic (exact) mass is 298 g/mol. The summed E-state index contributed by atoms with van der Waals surface area (Å²) in [4.78, 5) is 2.32. The molecule has 1 unspecified atom stereocenters. The summed E-state index contributed by atoms with van der Waals surface area (Å²) < 4.78 is 1.15. The normalized spacial score (nSPS) is 13.1. The van der Waals surface area contributed by atoms with Crippen LogP contribution in [0, 0.1) is 6.92 Å². The van der Waals surface area contributed by atoms with Crippen molar-refractivity contribution in [2.24, 2.45) is 0 Å². The van der Waals surface area contributed by atoms with Crippen LogP contribution in [0.5, 0.6) is 0 Å². The zero-order chi connectivity index (χ0) is 12.8. The van der Waals surface area contributed by atoms with E-state index in [2.05, 4.69) is 72.2 Å². The molecule has 0 bridgehead atoms. The molecule has 1 aromatic rings. The van der Waals surface area contributed by atoms with Crippen LogP contribution in [-0.4, -0.2) is 31.1 Å². The molecule has 0 aliphatic rings. The lowest BCUT2D eigenvalue weighted by Gasteiger charge is -2.21. The molecule has 0 aliphatic heterocycles. The van der Waals surface area contributed by atoms with Gasteiger partial charge in [-0.2, -0.15) is 0 Å². The van der Waals surface area contributed by atoms with E-state index >= 15 is 0 Å². The standard InChI is InChI=1S/C14H23BrN2/c1-5-17(4)10-12(3)16-9-13-8-14(15)7-6-11(13)2/h6-8,12,16H,5,9-10H2,1-4H3. The lowest BCUT2D eigenvalue weighted by molar-refractivity contribution is 0.309. The van der Waals surface area contributed by atoms with E-state index in [1.54, 1.807) is 0 Å². The number of halogens is 1. The van der Waals surface area contributed by atoms with Crippen LogP contribution in [0.4, 0.5) is 0 Å². The van der Waals surface area contributed by atoms with Crippen molar-refractivity contribution in [3.8, 4) is 0 Å². The Morgan fingerprint density at radius 1 is 1.41 bits per heavy atom. The third-order valence-corrected chi connectivity index (χ3v) is 3.57. The molecule has 1 aromatic carbocycles. The number of nitrogens with zero attached hydrogens (tertiary/aromatic N) is 1. The molecule has 1 rings (SSSR count). The first-order valence-corrected chi connectivity index (χ1v) is 6.99. The van der Waals surface area contributed by atoms with Crippen molar-refractivity contribution in [1.29, 1.82) is 0 Å². The van der Waals surface area contributed by atoms with Crippen molar-refractivity contribution in [3.63, 3.8) is 0 Å². The van der Waals surface area contributed by atoms with Crippen LogP contribution < -0.4 is 5.32 Å². The highest BCUT2D eigenvalue weighted by Gasteiger charge is 2.05. The van der Waals surface area contributed by atoms with Crippen LogP contribution >= 0.6 is 15.9 Å². The lowest BCUT2D eigenvalue weighted by Crippen LogP contribution is -2.37. The number of nitrogens with one attached hydrogen (secondary N) is 1. The van der Waals surface area contributed by atoms with E-state index in [0.29, 0.717) is 6.04 Å². The van der Waals surface area contributed by atoms with Crippen molar-refractivity contribution in [3.05, 3.63) is 33.8 Å². The molecular formula is C14H23BrN2. The fourth-order valence-electron chi connectivity index (χ4n) is 1.78. The molecule has 2 nitrogen and oxygen atoms in total. The summed E-state index contributed by atoms with van der Waals surface area (Å²) in [6.45, 7) is 9.70. The van der Waals surface area contributed by atoms with Gasteiger partial charge in [0.25, 0.3) is 0 Å². The van der Waals surface area contributed by atoms with E-state index in [0.717, 1.165) is 24.1 Å². The van der Waals surface area contributed by atoms with E-state index in [9.17, 15) is 0 Å². The molecule has 0 spiro atoms. The smallest absolute Gasteiger partial charge is 0.0211 e. The van der Waals surface area contributed by atoms with Gasteiger partial charge < -0.3 is 10.2 Å². The number of hydrogen-bond acceptors (Lipinski definition) is 2. The number of rotatable bonds is 6. The average Bonchev–Trinajstić information content (AvgIpc) is 2.30. The fraction of sp³-hybridized carbons (Fsp3) is 0.571. The summed E-state index contributed by atoms with van der Waals surface area (Å²) in [6, 6.07) is 6.95. The molecule has 0 saturated heterocycles. The van der Waals surface area contributed by atoms with Gasteiger partial charge in [-0.15, -0.1) is 0 Å². The van der Waals surface area contributed by atoms with E-state index in [1.807, 2.05) is 0 Å². The quantitative estimate of drug-likeness (QED) is 0.868. The second-order valence-corrected chi connectivity index (χ2v) is 5.62. The highest BCUT2D eigenvalue weighted by atomic mass is 79.9. The molecule has 0 amide bonds. The number of aryl methyl sites for hydroxylation is 1. The summed E-state index contributed by atoms with van der Waals surface area (Å²) in [5.74, 6) is 0. The fourth-order valence-corrected chi connectivity index (χ4v) is 2.18. The summed E-state index contributed by atoms with van der Waals surface area (Å²) in [5, 5.41) is 3.57. The first kappa shape index (κ1) is 14.7. The van der Waals surface area contributed by atoms with E-state index in [-0.39, 0.29) is 0 Å². The second-order valence-electron chi connectivity index (χ2n) is 4.71. The zero-order valence-electron chi connectivity index (χ0n) is 11.3. The number of likely N-dealkylation sites (N-methyl/N-ethyl adjacent to an activating group) is 1. The summed E-state index contributed by atoms with van der Waals surface area (Å²) in [6.07, 6.45) is 0. The minimum absolute atomic E-state index is 0.512. The van der Waals surface area contributed by atoms with Gasteiger partial charge in [0.15, 0.2) is 0 Å². The highest BCUT2D eigenvalue weighted by Crippen LogP contribution is 2.15. The van der Waals surface area contributed by atoms with Crippen molar-refractivity contribution < 1.29 is 0 Å². The average molecular weight is 299 g/mol. The maximum absolute atomic E-state index is 3.57. The maximum atomic E-state index is 3.57. The predicted molar refractivity (Wildman–Crippen MR) is 78.4 cm³/mol. The molecular weight excluding hydrogens is 276 g/mol. The summed E-state index contributed by atoms with van der Waals surface area (Å²) in [5.41, 5.74) is 2.71. The molecule has 0 fully saturated rings. The summed E-state index contributed by atoms with van der Waals surface area (Å²) >= 11 is 3.52. The van der Waals surface area contributed by atoms with Gasteiger partial charge in [0.05, 0.1) is 0 Å². The van der Waals surface area contributed by atoms with E-state index in [4.69, 9.17) is 0 Å². The largest absolute Gasteiger partial charge is 0.309 e. The highest BCUT2D eigenvalue weighted by molar-refractivity contribution is 9.10. The van der Waals surface area contributed by atoms with Crippen molar-refractivity contribution in [2.75, 3.05) is 20.1 Å². The number of benzene rings is 1. The van der Waals surface area contributed by atoms with E-state index in [1.165, 1.54) is 11.1 Å². The van der Waals surface area contributed by atoms with Gasteiger partial charge in [-0.1, -0.05) is 28.9 Å². The van der Waals surface area contributed by atoms with Crippen molar-refractivity contribution in [2.45, 2.75) is 33.4 Å². The van der Waals surface area contributed by atoms with Crippen LogP contribution in [0.15, 0.2) is 22.7 Å². The second kappa shape index (κ2) is 7.14. The van der Waals surface area contributed by atoms with Crippen molar-refractivity contribution >= 4 is 15.9 Å². The zero-order valence-corrected chi connectivity index (χ0v) is 12.8. The predicted octanol–water partition coefficient (Wildman–Crippen LogP) is 3.19. The van der Waals surface area contributed by atoms with Gasteiger partial charge in [0, 0.05) is 23.6 Å². The Morgan fingerprint density at radius 3 is 2.76 bits per heavy atom. The first-order valence-electron chi connectivity index (χ1n) is 6.20. The Kier molecular flexibility index (Phi) is 6.17. The molecule has 3 heteroatoms. The third-order valence-electron chi connectivity index (χ3n) is 3.08. The Morgan fingerprint density at radius 2 is 2.12 bits per heavy atom. The van der Waals surface area contributed by atoms with Crippen LogP contribution in [0.1, 0.15) is 25.0 Å². The topological polar surface area (TPSA) is 15.3 Å². The molecule has 0 radical (unpaired) electrons. The molecule has 1 atom stereocenters. The minimum atomic E-state index is 0.512. The van der Waals surface area contributed by atoms with E-state index < -0.39 is 0 Å². The van der Waals surface area contributed by atoms with Gasteiger partial charge >= 0.3 is 0 Å². The lowest BCUT2D eigenvalue weighted by atomic mass is 10.1. The molecule has 0 heterocycles. The SMILES string of the molecule is CCN(C)CC(C)NCc1cc(Br)ccc1C. The first-order chi connectivity index (χ1) is 8.02. The van der Waals surface area contributed by atoms with Gasteiger partial charge in [0.1, 0.15) is 0 Å². The van der Waals surface area contributed by atoms with Gasteiger partial charge in [-0.05, 0) is 50.7 Å². The van der Waals surface area contributed by atoms with Crippen LogP contribution in [-0.2, 0) is 6.54 Å². The van der Waals surface area contributed by atoms with Gasteiger partial charge in [-0.3, -0.25) is 0 Å². The Bertz CT molecular complexity index is 352. The Labute approximate surface area is 114 Å². The van der Waals surface area contributed by atoms with Gasteiger partial charge in [0.2, 0.25) is 0 Å². The minimum Gasteiger partial charge on any atom is -0.309 e. The van der Waals surface area contributed by atoms with Crippen LogP contribution in [0.3, 0.4) is 0 Å². The molecule has 1 N–H and O–H groups in total. The number of hydrogen-bond donors (Lipinski definition) is 1. The molecule has 0 aliphatic carbocycles. The molecule has 96 valence electrons. The third kappa shape index (κ3) is 5.19.